The third-order valence-corrected chi connectivity index (χ3v) is 3.94. The molecule has 1 aromatic carbocycles. The van der Waals surface area contributed by atoms with Crippen LogP contribution in [0.1, 0.15) is 30.9 Å². The van der Waals surface area contributed by atoms with Crippen LogP contribution in [0.3, 0.4) is 0 Å². The van der Waals surface area contributed by atoms with Crippen LogP contribution >= 0.6 is 0 Å². The summed E-state index contributed by atoms with van der Waals surface area (Å²) in [6.45, 7) is 3.85. The topological polar surface area (TPSA) is 41.9 Å². The largest absolute Gasteiger partial charge is 0.486 e. The molecule has 1 aromatic rings. The van der Waals surface area contributed by atoms with Crippen molar-refractivity contribution in [2.45, 2.75) is 25.4 Å². The molecule has 0 aliphatic carbocycles. The fourth-order valence-corrected chi connectivity index (χ4v) is 2.80. The second-order valence-corrected chi connectivity index (χ2v) is 5.37. The lowest BCUT2D eigenvalue weighted by Crippen LogP contribution is -2.22. The molecule has 3 rings (SSSR count). The molecule has 4 nitrogen and oxygen atoms in total. The summed E-state index contributed by atoms with van der Waals surface area (Å²) in [4.78, 5) is 2.30. The zero-order chi connectivity index (χ0) is 13.9. The average molecular weight is 281 g/mol. The van der Waals surface area contributed by atoms with E-state index in [1.807, 2.05) is 0 Å². The van der Waals surface area contributed by atoms with Gasteiger partial charge in [0.1, 0.15) is 19.0 Å². The fourth-order valence-electron chi connectivity index (χ4n) is 2.80. The van der Waals surface area contributed by atoms with Gasteiger partial charge in [-0.3, -0.25) is 0 Å². The molecule has 5 heteroatoms. The van der Waals surface area contributed by atoms with E-state index in [0.717, 1.165) is 19.6 Å². The zero-order valence-corrected chi connectivity index (χ0v) is 11.5. The maximum absolute atomic E-state index is 14.0. The predicted octanol–water partition coefficient (Wildman–Crippen LogP) is 2.12. The quantitative estimate of drug-likeness (QED) is 0.918. The number of aliphatic hydroxyl groups is 1. The monoisotopic (exact) mass is 281 g/mol. The molecule has 2 aliphatic rings. The summed E-state index contributed by atoms with van der Waals surface area (Å²) in [6.07, 6.45) is 2.17. The maximum atomic E-state index is 14.0. The van der Waals surface area contributed by atoms with Gasteiger partial charge in [-0.05, 0) is 38.4 Å². The van der Waals surface area contributed by atoms with Gasteiger partial charge in [-0.25, -0.2) is 4.39 Å². The van der Waals surface area contributed by atoms with Gasteiger partial charge in [0.15, 0.2) is 11.5 Å². The molecular formula is C15H20FNO3. The van der Waals surface area contributed by atoms with Crippen molar-refractivity contribution in [1.29, 1.82) is 0 Å². The number of likely N-dealkylation sites (tertiary alicyclic amines) is 1. The Kier molecular flexibility index (Phi) is 4.08. The number of benzene rings is 1. The van der Waals surface area contributed by atoms with Crippen LogP contribution in [0.2, 0.25) is 0 Å². The molecule has 0 spiro atoms. The summed E-state index contributed by atoms with van der Waals surface area (Å²) in [5, 5.41) is 10.2. The summed E-state index contributed by atoms with van der Waals surface area (Å²) in [6, 6.07) is 2.88. The first kappa shape index (κ1) is 13.6. The molecule has 1 fully saturated rings. The van der Waals surface area contributed by atoms with Crippen molar-refractivity contribution in [2.24, 2.45) is 0 Å². The predicted molar refractivity (Wildman–Crippen MR) is 72.6 cm³/mol. The van der Waals surface area contributed by atoms with Crippen molar-refractivity contribution in [1.82, 2.24) is 4.90 Å². The third kappa shape index (κ3) is 2.88. The number of hydrogen-bond acceptors (Lipinski definition) is 4. The Morgan fingerprint density at radius 1 is 1.15 bits per heavy atom. The highest BCUT2D eigenvalue weighted by molar-refractivity contribution is 5.45. The molecule has 0 amide bonds. The molecule has 1 unspecified atom stereocenters. The molecule has 1 N–H and O–H groups in total. The minimum atomic E-state index is -0.800. The second kappa shape index (κ2) is 5.97. The Morgan fingerprint density at radius 2 is 1.80 bits per heavy atom. The Hall–Kier alpha value is -1.33. The van der Waals surface area contributed by atoms with E-state index >= 15 is 0 Å². The van der Waals surface area contributed by atoms with Crippen LogP contribution in [-0.4, -0.2) is 42.9 Å². The molecule has 2 heterocycles. The van der Waals surface area contributed by atoms with E-state index in [9.17, 15) is 9.50 Å². The van der Waals surface area contributed by atoms with E-state index in [1.165, 1.54) is 18.9 Å². The molecule has 1 saturated heterocycles. The van der Waals surface area contributed by atoms with Crippen LogP contribution in [0.15, 0.2) is 12.1 Å². The highest BCUT2D eigenvalue weighted by atomic mass is 19.1. The Morgan fingerprint density at radius 3 is 2.50 bits per heavy atom. The first-order chi connectivity index (χ1) is 9.74. The first-order valence-electron chi connectivity index (χ1n) is 7.23. The number of rotatable bonds is 4. The van der Waals surface area contributed by atoms with Crippen molar-refractivity contribution < 1.29 is 19.0 Å². The zero-order valence-electron chi connectivity index (χ0n) is 11.5. The van der Waals surface area contributed by atoms with E-state index in [-0.39, 0.29) is 0 Å². The van der Waals surface area contributed by atoms with Crippen LogP contribution in [-0.2, 0) is 0 Å². The number of nitrogens with zero attached hydrogens (tertiary/aromatic N) is 1. The van der Waals surface area contributed by atoms with E-state index in [1.54, 1.807) is 6.07 Å². The number of fused-ring (bicyclic) bond motifs is 1. The van der Waals surface area contributed by atoms with Gasteiger partial charge in [0.2, 0.25) is 0 Å². The Labute approximate surface area is 118 Å². The van der Waals surface area contributed by atoms with Crippen LogP contribution in [0, 0.1) is 5.82 Å². The molecule has 2 aliphatic heterocycles. The van der Waals surface area contributed by atoms with E-state index in [0.29, 0.717) is 36.7 Å². The van der Waals surface area contributed by atoms with Crippen molar-refractivity contribution in [3.63, 3.8) is 0 Å². The minimum Gasteiger partial charge on any atom is -0.486 e. The number of aliphatic hydroxyl groups excluding tert-OH is 1. The molecule has 0 radical (unpaired) electrons. The first-order valence-corrected chi connectivity index (χ1v) is 7.23. The molecule has 0 bridgehead atoms. The van der Waals surface area contributed by atoms with Crippen molar-refractivity contribution in [3.05, 3.63) is 23.5 Å². The van der Waals surface area contributed by atoms with Gasteiger partial charge < -0.3 is 19.5 Å². The highest BCUT2D eigenvalue weighted by Crippen LogP contribution is 2.35. The van der Waals surface area contributed by atoms with Crippen LogP contribution in [0.4, 0.5) is 4.39 Å². The summed E-state index contributed by atoms with van der Waals surface area (Å²) in [7, 11) is 0. The van der Waals surface area contributed by atoms with Crippen molar-refractivity contribution >= 4 is 0 Å². The SMILES string of the molecule is OC(CCN1CCCC1)c1cc2c(cc1F)OCCO2. The van der Waals surface area contributed by atoms with Gasteiger partial charge in [0.05, 0.1) is 6.10 Å². The van der Waals surface area contributed by atoms with Gasteiger partial charge in [-0.1, -0.05) is 0 Å². The number of halogens is 1. The second-order valence-electron chi connectivity index (χ2n) is 5.37. The van der Waals surface area contributed by atoms with E-state index < -0.39 is 11.9 Å². The van der Waals surface area contributed by atoms with Gasteiger partial charge in [0, 0.05) is 18.2 Å². The van der Waals surface area contributed by atoms with Crippen LogP contribution in [0.25, 0.3) is 0 Å². The molecule has 110 valence electrons. The van der Waals surface area contributed by atoms with E-state index in [4.69, 9.17) is 9.47 Å². The molecule has 20 heavy (non-hydrogen) atoms. The van der Waals surface area contributed by atoms with Gasteiger partial charge in [-0.2, -0.15) is 0 Å². The van der Waals surface area contributed by atoms with Crippen molar-refractivity contribution in [3.8, 4) is 11.5 Å². The summed E-state index contributed by atoms with van der Waals surface area (Å²) in [5.41, 5.74) is 0.299. The minimum absolute atomic E-state index is 0.299. The van der Waals surface area contributed by atoms with Crippen LogP contribution < -0.4 is 9.47 Å². The average Bonchev–Trinajstić information content (AvgIpc) is 2.97. The molecular weight excluding hydrogens is 261 g/mol. The number of ether oxygens (including phenoxy) is 2. The summed E-state index contributed by atoms with van der Waals surface area (Å²) >= 11 is 0. The molecule has 1 atom stereocenters. The van der Waals surface area contributed by atoms with E-state index in [2.05, 4.69) is 4.90 Å². The standard InChI is InChI=1S/C15H20FNO3/c16-12-10-15-14(19-7-8-20-15)9-11(12)13(18)3-6-17-4-1-2-5-17/h9-10,13,18H,1-8H2. The lowest BCUT2D eigenvalue weighted by Gasteiger charge is -2.22. The molecule has 0 aromatic heterocycles. The van der Waals surface area contributed by atoms with Crippen molar-refractivity contribution in [2.75, 3.05) is 32.8 Å². The Balaban J connectivity index is 1.68. The lowest BCUT2D eigenvalue weighted by atomic mass is 10.0. The molecule has 0 saturated carbocycles. The third-order valence-electron chi connectivity index (χ3n) is 3.94. The van der Waals surface area contributed by atoms with Crippen LogP contribution in [0.5, 0.6) is 11.5 Å². The highest BCUT2D eigenvalue weighted by Gasteiger charge is 2.21. The lowest BCUT2D eigenvalue weighted by molar-refractivity contribution is 0.141. The van der Waals surface area contributed by atoms with Gasteiger partial charge >= 0.3 is 0 Å². The Bertz CT molecular complexity index is 474. The van der Waals surface area contributed by atoms with Gasteiger partial charge in [-0.15, -0.1) is 0 Å². The fraction of sp³-hybridized carbons (Fsp3) is 0.600. The number of hydrogen-bond donors (Lipinski definition) is 1. The normalized spacial score (nSPS) is 20.1. The summed E-state index contributed by atoms with van der Waals surface area (Å²) < 4.78 is 24.8. The maximum Gasteiger partial charge on any atom is 0.164 e. The smallest absolute Gasteiger partial charge is 0.164 e. The summed E-state index contributed by atoms with van der Waals surface area (Å²) in [5.74, 6) is 0.514. The van der Waals surface area contributed by atoms with Gasteiger partial charge in [0.25, 0.3) is 0 Å².